The highest BCUT2D eigenvalue weighted by Gasteiger charge is 2.51. The smallest absolute Gasteiger partial charge is 0.417 e. The molecule has 0 radical (unpaired) electrons. The van der Waals surface area contributed by atoms with Crippen LogP contribution in [0.3, 0.4) is 0 Å². The van der Waals surface area contributed by atoms with Crippen molar-refractivity contribution < 1.29 is 23.9 Å². The number of Topliss-reactive ketones (excluding diaryl/α,β-unsaturated/α-hetero) is 1. The van der Waals surface area contributed by atoms with Crippen LogP contribution >= 0.6 is 11.6 Å². The van der Waals surface area contributed by atoms with E-state index in [0.717, 1.165) is 30.6 Å². The molecule has 0 aliphatic carbocycles. The SMILES string of the molecule is CCCCCCC1OC2OC(=O)N(C(=O)CCl)C2CC1=O. The third-order valence-corrected chi connectivity index (χ3v) is 4.06. The predicted molar refractivity (Wildman–Crippen MR) is 74.9 cm³/mol. The van der Waals surface area contributed by atoms with Gasteiger partial charge in [-0.15, -0.1) is 11.6 Å². The summed E-state index contributed by atoms with van der Waals surface area (Å²) in [4.78, 5) is 36.3. The fourth-order valence-electron chi connectivity index (χ4n) is 2.71. The number of alkyl halides is 1. The zero-order valence-corrected chi connectivity index (χ0v) is 12.8. The molecule has 118 valence electrons. The van der Waals surface area contributed by atoms with Gasteiger partial charge in [0.05, 0.1) is 0 Å². The van der Waals surface area contributed by atoms with Crippen molar-refractivity contribution in [3.63, 3.8) is 0 Å². The van der Waals surface area contributed by atoms with E-state index in [-0.39, 0.29) is 18.1 Å². The minimum absolute atomic E-state index is 0.0808. The maximum absolute atomic E-state index is 12.1. The van der Waals surface area contributed by atoms with E-state index in [1.54, 1.807) is 0 Å². The van der Waals surface area contributed by atoms with Gasteiger partial charge in [-0.2, -0.15) is 0 Å². The number of hydrogen-bond acceptors (Lipinski definition) is 5. The monoisotopic (exact) mass is 317 g/mol. The molecule has 21 heavy (non-hydrogen) atoms. The summed E-state index contributed by atoms with van der Waals surface area (Å²) in [5.41, 5.74) is 0. The number of ether oxygens (including phenoxy) is 2. The molecule has 0 spiro atoms. The normalized spacial score (nSPS) is 28.5. The molecule has 2 amide bonds. The summed E-state index contributed by atoms with van der Waals surface area (Å²) in [6.07, 6.45) is 2.74. The standard InChI is InChI=1S/C14H20ClNO5/c1-2-3-4-5-6-11-10(17)7-9-13(20-11)21-14(19)16(9)12(18)8-15/h9,11,13H,2-8H2,1H3. The number of unbranched alkanes of at least 4 members (excludes halogenated alkanes) is 3. The quantitative estimate of drug-likeness (QED) is 0.555. The fraction of sp³-hybridized carbons (Fsp3) is 0.786. The molecule has 2 fully saturated rings. The van der Waals surface area contributed by atoms with Crippen LogP contribution in [0.15, 0.2) is 0 Å². The van der Waals surface area contributed by atoms with Gasteiger partial charge in [0.15, 0.2) is 5.78 Å². The van der Waals surface area contributed by atoms with E-state index in [4.69, 9.17) is 21.1 Å². The van der Waals surface area contributed by atoms with E-state index >= 15 is 0 Å². The number of carbonyl (C=O) groups is 3. The van der Waals surface area contributed by atoms with Gasteiger partial charge in [-0.1, -0.05) is 32.6 Å². The molecule has 2 rings (SSSR count). The number of nitrogens with zero attached hydrogens (tertiary/aromatic N) is 1. The molecule has 0 aromatic rings. The van der Waals surface area contributed by atoms with Crippen LogP contribution in [0.5, 0.6) is 0 Å². The van der Waals surface area contributed by atoms with Gasteiger partial charge in [0.1, 0.15) is 18.0 Å². The van der Waals surface area contributed by atoms with Gasteiger partial charge in [-0.05, 0) is 6.42 Å². The molecule has 0 aromatic carbocycles. The van der Waals surface area contributed by atoms with E-state index in [1.165, 1.54) is 0 Å². The molecule has 2 saturated heterocycles. The van der Waals surface area contributed by atoms with Crippen molar-refractivity contribution in [1.82, 2.24) is 4.90 Å². The molecule has 0 aromatic heterocycles. The molecular weight excluding hydrogens is 298 g/mol. The summed E-state index contributed by atoms with van der Waals surface area (Å²) >= 11 is 5.47. The molecule has 2 heterocycles. The topological polar surface area (TPSA) is 72.9 Å². The second-order valence-corrected chi connectivity index (χ2v) is 5.63. The number of amides is 2. The first-order valence-electron chi connectivity index (χ1n) is 7.35. The summed E-state index contributed by atoms with van der Waals surface area (Å²) in [6.45, 7) is 2.12. The van der Waals surface area contributed by atoms with Gasteiger partial charge in [0.2, 0.25) is 12.2 Å². The Morgan fingerprint density at radius 3 is 2.76 bits per heavy atom. The Balaban J connectivity index is 1.94. The Morgan fingerprint density at radius 2 is 2.10 bits per heavy atom. The number of halogens is 1. The molecule has 0 N–H and O–H groups in total. The second-order valence-electron chi connectivity index (χ2n) is 5.36. The number of hydrogen-bond donors (Lipinski definition) is 0. The van der Waals surface area contributed by atoms with Crippen LogP contribution in [0.1, 0.15) is 45.4 Å². The Hall–Kier alpha value is -1.14. The van der Waals surface area contributed by atoms with Gasteiger partial charge < -0.3 is 9.47 Å². The molecule has 0 bridgehead atoms. The van der Waals surface area contributed by atoms with Crippen molar-refractivity contribution in [2.75, 3.05) is 5.88 Å². The minimum Gasteiger partial charge on any atom is -0.417 e. The van der Waals surface area contributed by atoms with Crippen molar-refractivity contribution in [3.05, 3.63) is 0 Å². The molecular formula is C14H20ClNO5. The maximum atomic E-state index is 12.1. The average molecular weight is 318 g/mol. The number of rotatable bonds is 6. The Bertz CT molecular complexity index is 428. The lowest BCUT2D eigenvalue weighted by Crippen LogP contribution is -2.50. The zero-order valence-electron chi connectivity index (χ0n) is 12.0. The largest absolute Gasteiger partial charge is 0.419 e. The molecule has 0 saturated carbocycles. The Kier molecular flexibility index (Phi) is 5.58. The molecule has 3 atom stereocenters. The van der Waals surface area contributed by atoms with Crippen LogP contribution in [-0.4, -0.2) is 47.0 Å². The lowest BCUT2D eigenvalue weighted by molar-refractivity contribution is -0.175. The van der Waals surface area contributed by atoms with E-state index in [1.807, 2.05) is 0 Å². The van der Waals surface area contributed by atoms with Gasteiger partial charge in [-0.3, -0.25) is 9.59 Å². The third-order valence-electron chi connectivity index (χ3n) is 3.83. The maximum Gasteiger partial charge on any atom is 0.419 e. The molecule has 3 unspecified atom stereocenters. The van der Waals surface area contributed by atoms with Gasteiger partial charge in [-0.25, -0.2) is 9.69 Å². The minimum atomic E-state index is -0.849. The summed E-state index contributed by atoms with van der Waals surface area (Å²) in [5.74, 6) is -0.974. The lowest BCUT2D eigenvalue weighted by atomic mass is 9.97. The first kappa shape index (κ1) is 16.2. The summed E-state index contributed by atoms with van der Waals surface area (Å²) in [6, 6.07) is -0.678. The highest BCUT2D eigenvalue weighted by atomic mass is 35.5. The molecule has 6 nitrogen and oxygen atoms in total. The highest BCUT2D eigenvalue weighted by molar-refractivity contribution is 6.28. The molecule has 2 aliphatic heterocycles. The summed E-state index contributed by atoms with van der Waals surface area (Å²) in [5, 5.41) is 0. The van der Waals surface area contributed by atoms with Crippen LogP contribution in [0, 0.1) is 0 Å². The van der Waals surface area contributed by atoms with Gasteiger partial charge in [0, 0.05) is 6.42 Å². The highest BCUT2D eigenvalue weighted by Crippen LogP contribution is 2.31. The second kappa shape index (κ2) is 7.22. The van der Waals surface area contributed by atoms with Crippen molar-refractivity contribution in [2.24, 2.45) is 0 Å². The number of carbonyl (C=O) groups excluding carboxylic acids is 3. The van der Waals surface area contributed by atoms with E-state index in [2.05, 4.69) is 6.92 Å². The zero-order chi connectivity index (χ0) is 15.4. The lowest BCUT2D eigenvalue weighted by Gasteiger charge is -2.31. The van der Waals surface area contributed by atoms with Crippen LogP contribution in [-0.2, 0) is 19.1 Å². The van der Waals surface area contributed by atoms with E-state index in [9.17, 15) is 14.4 Å². The van der Waals surface area contributed by atoms with Crippen LogP contribution < -0.4 is 0 Å². The predicted octanol–water partition coefficient (Wildman–Crippen LogP) is 2.23. The number of imide groups is 1. The van der Waals surface area contributed by atoms with Crippen LogP contribution in [0.25, 0.3) is 0 Å². The van der Waals surface area contributed by atoms with E-state index in [0.29, 0.717) is 6.42 Å². The summed E-state index contributed by atoms with van der Waals surface area (Å²) in [7, 11) is 0. The van der Waals surface area contributed by atoms with E-state index < -0.39 is 30.4 Å². The number of fused-ring (bicyclic) bond motifs is 1. The van der Waals surface area contributed by atoms with Crippen LogP contribution in [0.4, 0.5) is 4.79 Å². The fourth-order valence-corrected chi connectivity index (χ4v) is 2.84. The van der Waals surface area contributed by atoms with Gasteiger partial charge in [0.25, 0.3) is 0 Å². The molecule has 2 aliphatic rings. The Labute approximate surface area is 128 Å². The summed E-state index contributed by atoms with van der Waals surface area (Å²) < 4.78 is 10.6. The van der Waals surface area contributed by atoms with Gasteiger partial charge >= 0.3 is 6.09 Å². The van der Waals surface area contributed by atoms with Crippen molar-refractivity contribution >= 4 is 29.4 Å². The van der Waals surface area contributed by atoms with Crippen molar-refractivity contribution in [3.8, 4) is 0 Å². The first-order valence-corrected chi connectivity index (χ1v) is 7.88. The van der Waals surface area contributed by atoms with Crippen LogP contribution in [0.2, 0.25) is 0 Å². The Morgan fingerprint density at radius 1 is 1.33 bits per heavy atom. The van der Waals surface area contributed by atoms with Crippen molar-refractivity contribution in [2.45, 2.75) is 63.9 Å². The van der Waals surface area contributed by atoms with Crippen molar-refractivity contribution in [1.29, 1.82) is 0 Å². The average Bonchev–Trinajstić information content (AvgIpc) is 2.78. The first-order chi connectivity index (χ1) is 10.1. The molecule has 7 heteroatoms. The number of ketones is 1. The third kappa shape index (κ3) is 3.55.